The van der Waals surface area contributed by atoms with Crippen molar-refractivity contribution in [2.24, 2.45) is 0 Å². The van der Waals surface area contributed by atoms with E-state index in [4.69, 9.17) is 19.6 Å². The molecule has 0 fully saturated rings. The normalized spacial score (nSPS) is 10.9. The molecule has 8 nitrogen and oxygen atoms in total. The first-order chi connectivity index (χ1) is 20.0. The van der Waals surface area contributed by atoms with Gasteiger partial charge in [-0.2, -0.15) is 0 Å². The summed E-state index contributed by atoms with van der Waals surface area (Å²) in [5.74, 6) is 1.27. The molecule has 2 N–H and O–H groups in total. The van der Waals surface area contributed by atoms with Gasteiger partial charge in [-0.1, -0.05) is 86.1 Å². The maximum absolute atomic E-state index is 12.5. The molecule has 0 radical (unpaired) electrons. The first-order valence-electron chi connectivity index (χ1n) is 13.6. The fourth-order valence-corrected chi connectivity index (χ4v) is 4.69. The van der Waals surface area contributed by atoms with Crippen LogP contribution in [0.4, 0.5) is 15.3 Å². The van der Waals surface area contributed by atoms with Crippen LogP contribution < -0.4 is 10.1 Å². The van der Waals surface area contributed by atoms with Crippen molar-refractivity contribution < 1.29 is 24.2 Å². The third-order valence-corrected chi connectivity index (χ3v) is 6.73. The molecule has 0 saturated carbocycles. The van der Waals surface area contributed by atoms with Gasteiger partial charge < -0.3 is 19.1 Å². The third kappa shape index (κ3) is 6.91. The molecule has 5 aromatic rings. The van der Waals surface area contributed by atoms with Crippen molar-refractivity contribution in [2.75, 3.05) is 5.32 Å². The van der Waals surface area contributed by atoms with Crippen LogP contribution in [-0.4, -0.2) is 26.9 Å². The third-order valence-electron chi connectivity index (χ3n) is 6.73. The van der Waals surface area contributed by atoms with E-state index in [9.17, 15) is 9.59 Å². The van der Waals surface area contributed by atoms with Crippen LogP contribution in [0.1, 0.15) is 36.7 Å². The van der Waals surface area contributed by atoms with Gasteiger partial charge in [-0.25, -0.2) is 14.6 Å². The molecule has 0 aliphatic heterocycles. The van der Waals surface area contributed by atoms with Crippen LogP contribution in [0.25, 0.3) is 22.2 Å². The van der Waals surface area contributed by atoms with Gasteiger partial charge in [0.2, 0.25) is 0 Å². The Morgan fingerprint density at radius 2 is 1.66 bits per heavy atom. The SMILES string of the molecule is CCCCc1nc2ccc(NC(=O)OCc3ccccc3)cc2n1Cc1ccc(-c2ccccc2OC(=O)O)cc1. The summed E-state index contributed by atoms with van der Waals surface area (Å²) in [5, 5.41) is 11.9. The summed E-state index contributed by atoms with van der Waals surface area (Å²) in [7, 11) is 0. The Morgan fingerprint density at radius 1 is 0.902 bits per heavy atom. The summed E-state index contributed by atoms with van der Waals surface area (Å²) in [6.07, 6.45) is 1.03. The molecule has 0 spiro atoms. The van der Waals surface area contributed by atoms with E-state index in [0.717, 1.165) is 52.8 Å². The molecule has 41 heavy (non-hydrogen) atoms. The standard InChI is InChI=1S/C33H31N3O5/c1-2-3-13-31-35-28-19-18-26(34-32(37)40-22-24-9-5-4-6-10-24)20-29(28)36(31)21-23-14-16-25(17-15-23)27-11-7-8-12-30(27)41-33(38)39/h4-12,14-20H,2-3,13,21-22H2,1H3,(H,34,37)(H,38,39). The number of aryl methyl sites for hydroxylation is 1. The zero-order valence-corrected chi connectivity index (χ0v) is 22.7. The second-order valence-corrected chi connectivity index (χ2v) is 9.67. The Morgan fingerprint density at radius 3 is 2.41 bits per heavy atom. The Balaban J connectivity index is 1.37. The van der Waals surface area contributed by atoms with E-state index in [1.54, 1.807) is 12.1 Å². The van der Waals surface area contributed by atoms with Crippen molar-refractivity contribution in [2.45, 2.75) is 39.3 Å². The fraction of sp³-hybridized carbons (Fsp3) is 0.182. The van der Waals surface area contributed by atoms with Crippen molar-refractivity contribution in [3.05, 3.63) is 114 Å². The number of para-hydroxylation sites is 1. The first kappa shape index (κ1) is 27.5. The van der Waals surface area contributed by atoms with Crippen LogP contribution in [0.3, 0.4) is 0 Å². The van der Waals surface area contributed by atoms with Crippen LogP contribution in [0.15, 0.2) is 97.1 Å². The number of benzene rings is 4. The molecule has 208 valence electrons. The number of ether oxygens (including phenoxy) is 2. The lowest BCUT2D eigenvalue weighted by Gasteiger charge is -2.12. The van der Waals surface area contributed by atoms with E-state index >= 15 is 0 Å². The number of carbonyl (C=O) groups excluding carboxylic acids is 1. The fourth-order valence-electron chi connectivity index (χ4n) is 4.69. The number of amides is 1. The minimum absolute atomic E-state index is 0.191. The summed E-state index contributed by atoms with van der Waals surface area (Å²) in [6.45, 7) is 2.93. The molecular formula is C33H31N3O5. The number of rotatable bonds is 10. The number of nitrogens with zero attached hydrogens (tertiary/aromatic N) is 2. The average Bonchev–Trinajstić information content (AvgIpc) is 3.32. The number of hydrogen-bond donors (Lipinski definition) is 2. The van der Waals surface area contributed by atoms with Gasteiger partial charge in [0, 0.05) is 24.2 Å². The predicted octanol–water partition coefficient (Wildman–Crippen LogP) is 7.90. The van der Waals surface area contributed by atoms with E-state index in [0.29, 0.717) is 17.8 Å². The van der Waals surface area contributed by atoms with Gasteiger partial charge in [0.25, 0.3) is 0 Å². The highest BCUT2D eigenvalue weighted by Gasteiger charge is 2.14. The average molecular weight is 550 g/mol. The predicted molar refractivity (Wildman–Crippen MR) is 158 cm³/mol. The van der Waals surface area contributed by atoms with Crippen LogP contribution >= 0.6 is 0 Å². The van der Waals surface area contributed by atoms with Crippen molar-refractivity contribution in [3.8, 4) is 16.9 Å². The number of nitrogens with one attached hydrogen (secondary N) is 1. The number of anilines is 1. The van der Waals surface area contributed by atoms with Gasteiger partial charge in [-0.05, 0) is 47.4 Å². The number of aromatic nitrogens is 2. The van der Waals surface area contributed by atoms with Crippen molar-refractivity contribution >= 4 is 29.0 Å². The van der Waals surface area contributed by atoms with Crippen LogP contribution in [0.5, 0.6) is 5.75 Å². The van der Waals surface area contributed by atoms with Crippen LogP contribution in [0.2, 0.25) is 0 Å². The number of imidazole rings is 1. The molecule has 1 amide bonds. The lowest BCUT2D eigenvalue weighted by atomic mass is 10.0. The summed E-state index contributed by atoms with van der Waals surface area (Å²) in [6, 6.07) is 30.2. The molecule has 8 heteroatoms. The second kappa shape index (κ2) is 12.8. The molecule has 4 aromatic carbocycles. The maximum atomic E-state index is 12.5. The second-order valence-electron chi connectivity index (χ2n) is 9.67. The highest BCUT2D eigenvalue weighted by molar-refractivity contribution is 5.89. The zero-order chi connectivity index (χ0) is 28.6. The molecule has 0 aliphatic rings. The van der Waals surface area contributed by atoms with Crippen molar-refractivity contribution in [1.29, 1.82) is 0 Å². The maximum Gasteiger partial charge on any atom is 0.511 e. The minimum atomic E-state index is -1.35. The summed E-state index contributed by atoms with van der Waals surface area (Å²) in [5.41, 5.74) is 5.94. The Hall–Kier alpha value is -5.11. The Kier molecular flexibility index (Phi) is 8.59. The smallest absolute Gasteiger partial charge is 0.449 e. The van der Waals surface area contributed by atoms with E-state index in [2.05, 4.69) is 16.8 Å². The molecular weight excluding hydrogens is 518 g/mol. The molecule has 1 heterocycles. The highest BCUT2D eigenvalue weighted by Crippen LogP contribution is 2.31. The van der Waals surface area contributed by atoms with Crippen molar-refractivity contribution in [1.82, 2.24) is 9.55 Å². The summed E-state index contributed by atoms with van der Waals surface area (Å²) >= 11 is 0. The molecule has 0 unspecified atom stereocenters. The molecule has 0 saturated heterocycles. The Bertz CT molecular complexity index is 1650. The van der Waals surface area contributed by atoms with Crippen LogP contribution in [0, 0.1) is 0 Å². The quantitative estimate of drug-likeness (QED) is 0.136. The summed E-state index contributed by atoms with van der Waals surface area (Å²) < 4.78 is 12.5. The molecule has 5 rings (SSSR count). The van der Waals surface area contributed by atoms with E-state index in [1.807, 2.05) is 84.9 Å². The van der Waals surface area contributed by atoms with E-state index < -0.39 is 12.2 Å². The lowest BCUT2D eigenvalue weighted by molar-refractivity contribution is 0.144. The van der Waals surface area contributed by atoms with E-state index in [1.165, 1.54) is 0 Å². The molecule has 0 aliphatic carbocycles. The topological polar surface area (TPSA) is 103 Å². The van der Waals surface area contributed by atoms with Gasteiger partial charge in [-0.3, -0.25) is 5.32 Å². The number of fused-ring (bicyclic) bond motifs is 1. The number of unbranched alkanes of at least 4 members (excludes halogenated alkanes) is 1. The first-order valence-corrected chi connectivity index (χ1v) is 13.6. The van der Waals surface area contributed by atoms with Crippen molar-refractivity contribution in [3.63, 3.8) is 0 Å². The van der Waals surface area contributed by atoms with E-state index in [-0.39, 0.29) is 12.4 Å². The molecule has 0 atom stereocenters. The van der Waals surface area contributed by atoms with Gasteiger partial charge in [0.15, 0.2) is 0 Å². The Labute approximate surface area is 238 Å². The summed E-state index contributed by atoms with van der Waals surface area (Å²) in [4.78, 5) is 28.5. The van der Waals surface area contributed by atoms with Gasteiger partial charge >= 0.3 is 12.2 Å². The lowest BCUT2D eigenvalue weighted by Crippen LogP contribution is -2.13. The number of carbonyl (C=O) groups is 2. The van der Waals surface area contributed by atoms with Gasteiger partial charge in [0.1, 0.15) is 18.2 Å². The highest BCUT2D eigenvalue weighted by atomic mass is 16.7. The van der Waals surface area contributed by atoms with Gasteiger partial charge in [-0.15, -0.1) is 0 Å². The number of carboxylic acid groups (broad SMARTS) is 1. The van der Waals surface area contributed by atoms with Gasteiger partial charge in [0.05, 0.1) is 11.0 Å². The zero-order valence-electron chi connectivity index (χ0n) is 22.7. The molecule has 1 aromatic heterocycles. The van der Waals surface area contributed by atoms with Crippen LogP contribution in [-0.2, 0) is 24.3 Å². The monoisotopic (exact) mass is 549 g/mol. The minimum Gasteiger partial charge on any atom is -0.449 e. The largest absolute Gasteiger partial charge is 0.511 e. The number of hydrogen-bond acceptors (Lipinski definition) is 5. The molecule has 0 bridgehead atoms.